The minimum absolute atomic E-state index is 0.117. The Morgan fingerprint density at radius 1 is 1.45 bits per heavy atom. The molecule has 1 rings (SSSR count). The second-order valence-electron chi connectivity index (χ2n) is 5.55. The molecule has 1 saturated heterocycles. The van der Waals surface area contributed by atoms with Crippen LogP contribution < -0.4 is 0 Å². The smallest absolute Gasteiger partial charge is 0.419 e. The van der Waals surface area contributed by atoms with E-state index in [0.717, 1.165) is 0 Å². The van der Waals surface area contributed by atoms with Gasteiger partial charge in [-0.25, -0.2) is 9.68 Å². The van der Waals surface area contributed by atoms with E-state index >= 15 is 0 Å². The Labute approximate surface area is 118 Å². The van der Waals surface area contributed by atoms with E-state index < -0.39 is 23.8 Å². The maximum absolute atomic E-state index is 11.1. The molecule has 1 heterocycles. The molecule has 0 aliphatic carbocycles. The first-order chi connectivity index (χ1) is 9.02. The lowest BCUT2D eigenvalue weighted by molar-refractivity contribution is -0.462. The molecule has 0 amide bonds. The molecule has 0 spiro atoms. The maximum Gasteiger partial charge on any atom is 0.514 e. The summed E-state index contributed by atoms with van der Waals surface area (Å²) in [5, 5.41) is 9.49. The molecule has 20 heavy (non-hydrogen) atoms. The number of rotatable bonds is 7. The van der Waals surface area contributed by atoms with Crippen LogP contribution in [0.3, 0.4) is 0 Å². The SMILES string of the molecule is C=C1OC(=O)OC1(C)CC(OOC(C)(C)O)OC(C)C. The third kappa shape index (κ3) is 5.09. The lowest BCUT2D eigenvalue weighted by Gasteiger charge is -2.28. The summed E-state index contributed by atoms with van der Waals surface area (Å²) >= 11 is 0. The molecule has 0 aromatic carbocycles. The second-order valence-corrected chi connectivity index (χ2v) is 5.55. The number of cyclic esters (lactones) is 2. The summed E-state index contributed by atoms with van der Waals surface area (Å²) < 4.78 is 15.3. The van der Waals surface area contributed by atoms with Crippen molar-refractivity contribution in [1.29, 1.82) is 0 Å². The molecule has 1 fully saturated rings. The van der Waals surface area contributed by atoms with E-state index in [9.17, 15) is 9.90 Å². The van der Waals surface area contributed by atoms with Gasteiger partial charge in [0.2, 0.25) is 0 Å². The van der Waals surface area contributed by atoms with Crippen LogP contribution in [0.2, 0.25) is 0 Å². The topological polar surface area (TPSA) is 83.5 Å². The van der Waals surface area contributed by atoms with E-state index in [2.05, 4.69) is 6.58 Å². The highest BCUT2D eigenvalue weighted by Crippen LogP contribution is 2.34. The molecule has 0 radical (unpaired) electrons. The molecule has 2 atom stereocenters. The summed E-state index contributed by atoms with van der Waals surface area (Å²) in [6.45, 7) is 11.7. The van der Waals surface area contributed by atoms with Crippen molar-refractivity contribution in [3.05, 3.63) is 12.3 Å². The number of ether oxygens (including phenoxy) is 3. The highest BCUT2D eigenvalue weighted by molar-refractivity contribution is 5.66. The third-order valence-electron chi connectivity index (χ3n) is 2.44. The van der Waals surface area contributed by atoms with E-state index in [-0.39, 0.29) is 18.3 Å². The van der Waals surface area contributed by atoms with Crippen LogP contribution in [0.15, 0.2) is 12.3 Å². The predicted octanol–water partition coefficient (Wildman–Crippen LogP) is 2.24. The van der Waals surface area contributed by atoms with E-state index in [1.165, 1.54) is 13.8 Å². The van der Waals surface area contributed by atoms with Crippen LogP contribution in [0.5, 0.6) is 0 Å². The lowest BCUT2D eigenvalue weighted by atomic mass is 10.0. The van der Waals surface area contributed by atoms with Crippen LogP contribution in [-0.4, -0.2) is 35.0 Å². The highest BCUT2D eigenvalue weighted by Gasteiger charge is 2.45. The molecule has 0 aromatic rings. The van der Waals surface area contributed by atoms with Gasteiger partial charge in [-0.2, -0.15) is 4.89 Å². The van der Waals surface area contributed by atoms with E-state index in [1.54, 1.807) is 6.92 Å². The van der Waals surface area contributed by atoms with E-state index in [4.69, 9.17) is 24.0 Å². The van der Waals surface area contributed by atoms with Crippen molar-refractivity contribution in [1.82, 2.24) is 0 Å². The Morgan fingerprint density at radius 3 is 2.45 bits per heavy atom. The summed E-state index contributed by atoms with van der Waals surface area (Å²) in [6.07, 6.45) is -1.71. The molecular weight excluding hydrogens is 268 g/mol. The Bertz CT molecular complexity index is 371. The van der Waals surface area contributed by atoms with Crippen molar-refractivity contribution in [3.63, 3.8) is 0 Å². The van der Waals surface area contributed by atoms with Crippen LogP contribution in [0.1, 0.15) is 41.0 Å². The molecule has 1 N–H and O–H groups in total. The van der Waals surface area contributed by atoms with Gasteiger partial charge in [0.25, 0.3) is 0 Å². The van der Waals surface area contributed by atoms with Gasteiger partial charge in [0.15, 0.2) is 17.7 Å². The number of carbonyl (C=O) groups excluding carboxylic acids is 1. The summed E-state index contributed by atoms with van der Waals surface area (Å²) in [5.41, 5.74) is -1.07. The molecule has 0 saturated carbocycles. The average molecular weight is 290 g/mol. The Kier molecular flexibility index (Phi) is 5.15. The summed E-state index contributed by atoms with van der Waals surface area (Å²) in [4.78, 5) is 21.0. The molecular formula is C13H22O7. The number of hydrogen-bond acceptors (Lipinski definition) is 7. The zero-order valence-electron chi connectivity index (χ0n) is 12.5. The van der Waals surface area contributed by atoms with Crippen LogP contribution in [0, 0.1) is 0 Å². The zero-order chi connectivity index (χ0) is 15.6. The first kappa shape index (κ1) is 16.9. The van der Waals surface area contributed by atoms with Gasteiger partial charge < -0.3 is 19.3 Å². The first-order valence-corrected chi connectivity index (χ1v) is 6.34. The molecule has 7 heteroatoms. The summed E-state index contributed by atoms with van der Waals surface area (Å²) in [6, 6.07) is 0. The van der Waals surface area contributed by atoms with Crippen LogP contribution in [-0.2, 0) is 24.0 Å². The average Bonchev–Trinajstić information content (AvgIpc) is 2.47. The predicted molar refractivity (Wildman–Crippen MR) is 68.2 cm³/mol. The maximum atomic E-state index is 11.1. The van der Waals surface area contributed by atoms with Gasteiger partial charge in [-0.1, -0.05) is 6.58 Å². The first-order valence-electron chi connectivity index (χ1n) is 6.34. The molecule has 0 aromatic heterocycles. The molecule has 1 aliphatic rings. The van der Waals surface area contributed by atoms with E-state index in [1.807, 2.05) is 13.8 Å². The zero-order valence-corrected chi connectivity index (χ0v) is 12.5. The lowest BCUT2D eigenvalue weighted by Crippen LogP contribution is -2.37. The van der Waals surface area contributed by atoms with Crippen molar-refractivity contribution in [2.45, 2.75) is 64.8 Å². The van der Waals surface area contributed by atoms with Gasteiger partial charge in [-0.05, 0) is 34.6 Å². The summed E-state index contributed by atoms with van der Waals surface area (Å²) in [5.74, 6) is -1.30. The standard InChI is InChI=1S/C13H22O7/c1-8(2)16-10(19-20-12(4,5)15)7-13(6)9(3)17-11(14)18-13/h8,10,15H,3,7H2,1-2,4-6H3. The van der Waals surface area contributed by atoms with Crippen molar-refractivity contribution < 1.29 is 33.9 Å². The fraction of sp³-hybridized carbons (Fsp3) is 0.769. The summed E-state index contributed by atoms with van der Waals surface area (Å²) in [7, 11) is 0. The molecule has 116 valence electrons. The van der Waals surface area contributed by atoms with Gasteiger partial charge in [-0.15, -0.1) is 0 Å². The monoisotopic (exact) mass is 290 g/mol. The Hall–Kier alpha value is -1.15. The van der Waals surface area contributed by atoms with Crippen LogP contribution in [0.25, 0.3) is 0 Å². The van der Waals surface area contributed by atoms with Gasteiger partial charge in [0, 0.05) is 6.42 Å². The minimum Gasteiger partial charge on any atom is -0.419 e. The fourth-order valence-corrected chi connectivity index (χ4v) is 1.52. The highest BCUT2D eigenvalue weighted by atomic mass is 17.2. The largest absolute Gasteiger partial charge is 0.514 e. The number of carbonyl (C=O) groups is 1. The molecule has 2 unspecified atom stereocenters. The molecule has 1 aliphatic heterocycles. The molecule has 7 nitrogen and oxygen atoms in total. The van der Waals surface area contributed by atoms with E-state index in [0.29, 0.717) is 0 Å². The van der Waals surface area contributed by atoms with Crippen LogP contribution >= 0.6 is 0 Å². The number of aliphatic hydroxyl groups is 1. The third-order valence-corrected chi connectivity index (χ3v) is 2.44. The Morgan fingerprint density at radius 2 is 2.05 bits per heavy atom. The van der Waals surface area contributed by atoms with Crippen molar-refractivity contribution in [3.8, 4) is 0 Å². The van der Waals surface area contributed by atoms with Crippen molar-refractivity contribution in [2.24, 2.45) is 0 Å². The van der Waals surface area contributed by atoms with Crippen molar-refractivity contribution >= 4 is 6.16 Å². The normalized spacial score (nSPS) is 24.8. The second kappa shape index (κ2) is 6.09. The number of hydrogen-bond donors (Lipinski definition) is 1. The van der Waals surface area contributed by atoms with Crippen molar-refractivity contribution in [2.75, 3.05) is 0 Å². The van der Waals surface area contributed by atoms with Crippen LogP contribution in [0.4, 0.5) is 4.79 Å². The Balaban J connectivity index is 2.69. The molecule has 0 bridgehead atoms. The quantitative estimate of drug-likeness (QED) is 0.333. The van der Waals surface area contributed by atoms with Gasteiger partial charge >= 0.3 is 6.16 Å². The van der Waals surface area contributed by atoms with Gasteiger partial charge in [-0.3, -0.25) is 0 Å². The van der Waals surface area contributed by atoms with Gasteiger partial charge in [0.05, 0.1) is 6.10 Å². The van der Waals surface area contributed by atoms with Gasteiger partial charge in [0.1, 0.15) is 5.76 Å². The minimum atomic E-state index is -1.47. The fourth-order valence-electron chi connectivity index (χ4n) is 1.52.